The van der Waals surface area contributed by atoms with Crippen molar-refractivity contribution in [2.75, 3.05) is 6.61 Å². The zero-order valence-corrected chi connectivity index (χ0v) is 17.9. The Hall–Kier alpha value is -4.05. The lowest BCUT2D eigenvalue weighted by molar-refractivity contribution is 0.0531. The van der Waals surface area contributed by atoms with E-state index in [0.717, 1.165) is 16.0 Å². The van der Waals surface area contributed by atoms with Crippen LogP contribution in [0.25, 0.3) is 10.2 Å². The molecule has 0 bridgehead atoms. The molecule has 0 radical (unpaired) electrons. The lowest BCUT2D eigenvalue weighted by Gasteiger charge is -2.02. The zero-order valence-electron chi connectivity index (χ0n) is 17.1. The number of hydrogen-bond donors (Lipinski definition) is 0. The molecule has 0 aliphatic rings. The van der Waals surface area contributed by atoms with E-state index in [2.05, 4.69) is 10.1 Å². The molecular weight excluding hydrogens is 434 g/mol. The molecule has 0 spiro atoms. The van der Waals surface area contributed by atoms with Crippen molar-refractivity contribution in [3.8, 4) is 5.75 Å². The second kappa shape index (κ2) is 8.98. The van der Waals surface area contributed by atoms with Gasteiger partial charge in [0, 0.05) is 0 Å². The maximum atomic E-state index is 12.8. The standard InChI is InChI=1S/C22H17N3O6S/c1-3-29-22(28)18-13(2)17-19(32-18)23-12-25(20(17)26)24-11-14-6-8-15(9-7-14)31-21(27)16-5-4-10-30-16/h4-12H,3H2,1-2H3/b24-11+. The van der Waals surface area contributed by atoms with E-state index < -0.39 is 11.9 Å². The van der Waals surface area contributed by atoms with Gasteiger partial charge in [0.1, 0.15) is 21.8 Å². The number of carbonyl (C=O) groups excluding carboxylic acids is 2. The van der Waals surface area contributed by atoms with E-state index in [0.29, 0.717) is 32.0 Å². The van der Waals surface area contributed by atoms with Crippen LogP contribution in [-0.4, -0.2) is 34.4 Å². The van der Waals surface area contributed by atoms with Gasteiger partial charge < -0.3 is 13.9 Å². The smallest absolute Gasteiger partial charge is 0.379 e. The Morgan fingerprint density at radius 3 is 2.69 bits per heavy atom. The van der Waals surface area contributed by atoms with Crippen LogP contribution in [0.2, 0.25) is 0 Å². The first kappa shape index (κ1) is 21.2. The van der Waals surface area contributed by atoms with Crippen molar-refractivity contribution in [2.24, 2.45) is 5.10 Å². The highest BCUT2D eigenvalue weighted by molar-refractivity contribution is 7.20. The van der Waals surface area contributed by atoms with E-state index in [9.17, 15) is 14.4 Å². The minimum absolute atomic E-state index is 0.104. The lowest BCUT2D eigenvalue weighted by atomic mass is 10.2. The summed E-state index contributed by atoms with van der Waals surface area (Å²) >= 11 is 1.12. The number of esters is 2. The second-order valence-electron chi connectivity index (χ2n) is 6.53. The summed E-state index contributed by atoms with van der Waals surface area (Å²) in [5, 5.41) is 4.50. The third-order valence-corrected chi connectivity index (χ3v) is 5.62. The lowest BCUT2D eigenvalue weighted by Crippen LogP contribution is -2.17. The molecule has 3 heterocycles. The molecule has 4 aromatic rings. The first-order valence-corrected chi connectivity index (χ1v) is 10.4. The third kappa shape index (κ3) is 4.21. The fourth-order valence-corrected chi connectivity index (χ4v) is 3.92. The molecule has 0 unspecified atom stereocenters. The van der Waals surface area contributed by atoms with Crippen molar-refractivity contribution >= 4 is 39.7 Å². The van der Waals surface area contributed by atoms with Crippen LogP contribution in [0.1, 0.15) is 38.3 Å². The highest BCUT2D eigenvalue weighted by Crippen LogP contribution is 2.27. The fraction of sp³-hybridized carbons (Fsp3) is 0.136. The Bertz CT molecular complexity index is 1370. The van der Waals surface area contributed by atoms with Crippen molar-refractivity contribution in [1.82, 2.24) is 9.66 Å². The van der Waals surface area contributed by atoms with Crippen molar-refractivity contribution in [2.45, 2.75) is 13.8 Å². The topological polar surface area (TPSA) is 113 Å². The number of nitrogens with zero attached hydrogens (tertiary/aromatic N) is 3. The highest BCUT2D eigenvalue weighted by Gasteiger charge is 2.20. The van der Waals surface area contributed by atoms with Gasteiger partial charge in [-0.2, -0.15) is 9.78 Å². The molecule has 0 N–H and O–H groups in total. The molecule has 0 saturated carbocycles. The van der Waals surface area contributed by atoms with Crippen molar-refractivity contribution in [3.05, 3.63) is 81.1 Å². The third-order valence-electron chi connectivity index (χ3n) is 4.44. The molecule has 4 rings (SSSR count). The molecule has 32 heavy (non-hydrogen) atoms. The van der Waals surface area contributed by atoms with Crippen molar-refractivity contribution in [1.29, 1.82) is 0 Å². The fourth-order valence-electron chi connectivity index (χ4n) is 2.89. The predicted octanol–water partition coefficient (Wildman–Crippen LogP) is 3.64. The number of ether oxygens (including phenoxy) is 2. The summed E-state index contributed by atoms with van der Waals surface area (Å²) in [5.74, 6) is -0.636. The van der Waals surface area contributed by atoms with Crippen LogP contribution in [-0.2, 0) is 4.74 Å². The molecule has 9 nitrogen and oxygen atoms in total. The zero-order chi connectivity index (χ0) is 22.7. The van der Waals surface area contributed by atoms with Gasteiger partial charge in [-0.3, -0.25) is 4.79 Å². The number of aryl methyl sites for hydroxylation is 1. The Morgan fingerprint density at radius 2 is 2.00 bits per heavy atom. The summed E-state index contributed by atoms with van der Waals surface area (Å²) < 4.78 is 16.3. The summed E-state index contributed by atoms with van der Waals surface area (Å²) in [4.78, 5) is 41.9. The van der Waals surface area contributed by atoms with E-state index in [1.807, 2.05) is 0 Å². The van der Waals surface area contributed by atoms with E-state index in [4.69, 9.17) is 13.9 Å². The van der Waals surface area contributed by atoms with Gasteiger partial charge in [0.25, 0.3) is 5.56 Å². The van der Waals surface area contributed by atoms with Crippen LogP contribution in [0.3, 0.4) is 0 Å². The molecule has 0 aliphatic carbocycles. The van der Waals surface area contributed by atoms with Gasteiger partial charge in [0.05, 0.1) is 24.5 Å². The normalized spacial score (nSPS) is 11.2. The van der Waals surface area contributed by atoms with Crippen molar-refractivity contribution in [3.63, 3.8) is 0 Å². The number of aromatic nitrogens is 2. The van der Waals surface area contributed by atoms with E-state index in [-0.39, 0.29) is 17.9 Å². The number of rotatable bonds is 6. The van der Waals surface area contributed by atoms with E-state index in [1.54, 1.807) is 44.2 Å². The number of fused-ring (bicyclic) bond motifs is 1. The minimum Gasteiger partial charge on any atom is -0.462 e. The Kier molecular flexibility index (Phi) is 5.95. The van der Waals surface area contributed by atoms with E-state index >= 15 is 0 Å². The van der Waals surface area contributed by atoms with Crippen LogP contribution in [0.4, 0.5) is 0 Å². The summed E-state index contributed by atoms with van der Waals surface area (Å²) in [7, 11) is 0. The van der Waals surface area contributed by atoms with Gasteiger partial charge in [-0.25, -0.2) is 14.6 Å². The van der Waals surface area contributed by atoms with Crippen LogP contribution >= 0.6 is 11.3 Å². The Morgan fingerprint density at radius 1 is 1.22 bits per heavy atom. The van der Waals surface area contributed by atoms with Gasteiger partial charge in [-0.15, -0.1) is 11.3 Å². The predicted molar refractivity (Wildman–Crippen MR) is 118 cm³/mol. The Labute approximate surface area is 185 Å². The molecule has 0 atom stereocenters. The summed E-state index contributed by atoms with van der Waals surface area (Å²) in [6, 6.07) is 9.67. The monoisotopic (exact) mass is 451 g/mol. The van der Waals surface area contributed by atoms with Gasteiger partial charge in [-0.05, 0) is 61.4 Å². The maximum Gasteiger partial charge on any atom is 0.379 e. The van der Waals surface area contributed by atoms with Crippen LogP contribution in [0, 0.1) is 6.92 Å². The quantitative estimate of drug-likeness (QED) is 0.250. The van der Waals surface area contributed by atoms with Crippen LogP contribution in [0.5, 0.6) is 5.75 Å². The van der Waals surface area contributed by atoms with Crippen LogP contribution < -0.4 is 10.3 Å². The summed E-state index contributed by atoms with van der Waals surface area (Å²) in [5.41, 5.74) is 0.803. The molecule has 0 amide bonds. The number of thiophene rings is 1. The second-order valence-corrected chi connectivity index (χ2v) is 7.53. The maximum absolute atomic E-state index is 12.8. The van der Waals surface area contributed by atoms with Gasteiger partial charge in [0.15, 0.2) is 0 Å². The van der Waals surface area contributed by atoms with Crippen molar-refractivity contribution < 1.29 is 23.5 Å². The Balaban J connectivity index is 1.54. The number of benzene rings is 1. The van der Waals surface area contributed by atoms with Gasteiger partial charge >= 0.3 is 11.9 Å². The number of carbonyl (C=O) groups is 2. The molecule has 0 aliphatic heterocycles. The first-order chi connectivity index (χ1) is 15.5. The molecule has 0 saturated heterocycles. The highest BCUT2D eigenvalue weighted by atomic mass is 32.1. The average molecular weight is 451 g/mol. The average Bonchev–Trinajstić information content (AvgIpc) is 3.43. The molecule has 3 aromatic heterocycles. The number of furan rings is 1. The number of hydrogen-bond acceptors (Lipinski definition) is 9. The summed E-state index contributed by atoms with van der Waals surface area (Å²) in [6.45, 7) is 3.65. The SMILES string of the molecule is CCOC(=O)c1sc2ncn(/N=C/c3ccc(OC(=O)c4ccco4)cc3)c(=O)c2c1C. The van der Waals surface area contributed by atoms with Crippen LogP contribution in [0.15, 0.2) is 63.3 Å². The van der Waals surface area contributed by atoms with E-state index in [1.165, 1.54) is 24.9 Å². The molecule has 0 fully saturated rings. The molecule has 1 aromatic carbocycles. The largest absolute Gasteiger partial charge is 0.462 e. The summed E-state index contributed by atoms with van der Waals surface area (Å²) in [6.07, 6.45) is 4.16. The van der Waals surface area contributed by atoms with Gasteiger partial charge in [-0.1, -0.05) is 0 Å². The molecule has 162 valence electrons. The molecule has 10 heteroatoms. The molecular formula is C22H17N3O6S. The minimum atomic E-state index is -0.601. The van der Waals surface area contributed by atoms with Gasteiger partial charge in [0.2, 0.25) is 5.76 Å². The first-order valence-electron chi connectivity index (χ1n) is 9.56.